The van der Waals surface area contributed by atoms with Gasteiger partial charge in [-0.25, -0.2) is 0 Å². The molecule has 0 saturated carbocycles. The second kappa shape index (κ2) is 8.04. The molecule has 0 aliphatic carbocycles. The van der Waals surface area contributed by atoms with Crippen molar-refractivity contribution in [3.63, 3.8) is 0 Å². The van der Waals surface area contributed by atoms with Crippen LogP contribution in [0.3, 0.4) is 0 Å². The van der Waals surface area contributed by atoms with Crippen LogP contribution in [0.5, 0.6) is 0 Å². The van der Waals surface area contributed by atoms with Crippen molar-refractivity contribution in [3.8, 4) is 0 Å². The fourth-order valence-corrected chi connectivity index (χ4v) is 4.36. The summed E-state index contributed by atoms with van der Waals surface area (Å²) in [5, 5.41) is 14.2. The zero-order chi connectivity index (χ0) is 21.2. The van der Waals surface area contributed by atoms with Gasteiger partial charge in [0.1, 0.15) is 5.41 Å². The number of nitrogens with zero attached hydrogens (tertiary/aromatic N) is 4. The lowest BCUT2D eigenvalue weighted by Crippen LogP contribution is -2.44. The van der Waals surface area contributed by atoms with Crippen LogP contribution in [-0.4, -0.2) is 70.2 Å². The minimum atomic E-state index is -0.762. The quantitative estimate of drug-likeness (QED) is 0.741. The number of likely N-dealkylation sites (N-methyl/N-ethyl adjacent to an activating group) is 1. The summed E-state index contributed by atoms with van der Waals surface area (Å²) in [7, 11) is 5.60. The molecule has 1 saturated heterocycles. The first-order valence-electron chi connectivity index (χ1n) is 9.26. The Hall–Kier alpha value is -3.20. The van der Waals surface area contributed by atoms with Gasteiger partial charge in [0.2, 0.25) is 11.8 Å². The van der Waals surface area contributed by atoms with Crippen molar-refractivity contribution in [2.45, 2.75) is 17.9 Å². The number of aromatic nitrogens is 2. The molecule has 2 N–H and O–H groups in total. The van der Waals surface area contributed by atoms with Crippen LogP contribution in [0, 0.1) is 0 Å². The number of nitrogens with one attached hydrogen (secondary N) is 1. The van der Waals surface area contributed by atoms with Crippen LogP contribution in [0.25, 0.3) is 0 Å². The lowest BCUT2D eigenvalue weighted by atomic mass is 9.73. The molecule has 4 rings (SSSR count). The number of likely N-dealkylation sites (tertiary alicyclic amines) is 1. The van der Waals surface area contributed by atoms with Gasteiger partial charge in [0.25, 0.3) is 6.47 Å². The van der Waals surface area contributed by atoms with Crippen molar-refractivity contribution < 1.29 is 19.5 Å². The third-order valence-corrected chi connectivity index (χ3v) is 5.40. The fourth-order valence-electron chi connectivity index (χ4n) is 4.36. The molecule has 9 heteroatoms. The van der Waals surface area contributed by atoms with E-state index in [2.05, 4.69) is 10.4 Å². The molecule has 0 bridgehead atoms. The number of benzene rings is 1. The third kappa shape index (κ3) is 3.49. The van der Waals surface area contributed by atoms with Crippen molar-refractivity contribution >= 4 is 24.0 Å². The fraction of sp³-hybridized carbons (Fsp3) is 0.400. The molecule has 3 heterocycles. The predicted octanol–water partition coefficient (Wildman–Crippen LogP) is 0.846. The molecule has 0 radical (unpaired) electrons. The SMILES string of the molecule is CN(C)CC(=O)N1CC[C@]2(C(=O)Nc3ccccc32)[C@@H]1c1cnn(C)c1.O=CO. The Labute approximate surface area is 168 Å². The molecule has 2 atom stereocenters. The van der Waals surface area contributed by atoms with E-state index in [9.17, 15) is 9.59 Å². The Bertz CT molecular complexity index is 925. The molecule has 2 aliphatic rings. The first-order chi connectivity index (χ1) is 13.8. The van der Waals surface area contributed by atoms with E-state index >= 15 is 0 Å². The molecule has 154 valence electrons. The monoisotopic (exact) mass is 399 g/mol. The third-order valence-electron chi connectivity index (χ3n) is 5.40. The molecule has 1 aromatic heterocycles. The normalized spacial score (nSPS) is 22.3. The van der Waals surface area contributed by atoms with Gasteiger partial charge in [0.05, 0.1) is 18.8 Å². The van der Waals surface area contributed by atoms with Crippen LogP contribution < -0.4 is 5.32 Å². The maximum atomic E-state index is 13.1. The Morgan fingerprint density at radius 3 is 2.72 bits per heavy atom. The number of anilines is 1. The minimum Gasteiger partial charge on any atom is -0.483 e. The van der Waals surface area contributed by atoms with Gasteiger partial charge in [-0.3, -0.25) is 19.1 Å². The summed E-state index contributed by atoms with van der Waals surface area (Å²) >= 11 is 0. The highest BCUT2D eigenvalue weighted by Gasteiger charge is 2.59. The molecule has 0 unspecified atom stereocenters. The van der Waals surface area contributed by atoms with Crippen molar-refractivity contribution in [1.82, 2.24) is 19.6 Å². The maximum absolute atomic E-state index is 13.1. The van der Waals surface area contributed by atoms with Crippen LogP contribution in [0.15, 0.2) is 36.7 Å². The Balaban J connectivity index is 0.000000755. The number of fused-ring (bicyclic) bond motifs is 2. The summed E-state index contributed by atoms with van der Waals surface area (Å²) in [4.78, 5) is 38.1. The van der Waals surface area contributed by atoms with Crippen molar-refractivity contribution in [2.75, 3.05) is 32.5 Å². The molecular formula is C20H25N5O4. The van der Waals surface area contributed by atoms with Gasteiger partial charge in [-0.2, -0.15) is 5.10 Å². The number of amides is 2. The van der Waals surface area contributed by atoms with Gasteiger partial charge < -0.3 is 20.2 Å². The number of para-hydroxylation sites is 1. The lowest BCUT2D eigenvalue weighted by Gasteiger charge is -2.34. The number of hydrogen-bond acceptors (Lipinski definition) is 5. The largest absolute Gasteiger partial charge is 0.483 e. The summed E-state index contributed by atoms with van der Waals surface area (Å²) in [6.45, 7) is 0.615. The molecule has 29 heavy (non-hydrogen) atoms. The van der Waals surface area contributed by atoms with Crippen molar-refractivity contribution in [1.29, 1.82) is 0 Å². The van der Waals surface area contributed by atoms with Crippen LogP contribution in [-0.2, 0) is 26.8 Å². The molecule has 1 fully saturated rings. The number of aryl methyl sites for hydroxylation is 1. The summed E-state index contributed by atoms with van der Waals surface area (Å²) < 4.78 is 1.72. The smallest absolute Gasteiger partial charge is 0.290 e. The van der Waals surface area contributed by atoms with Crippen LogP contribution >= 0.6 is 0 Å². The van der Waals surface area contributed by atoms with Gasteiger partial charge in [-0.1, -0.05) is 18.2 Å². The van der Waals surface area contributed by atoms with Gasteiger partial charge in [-0.05, 0) is 32.1 Å². The lowest BCUT2D eigenvalue weighted by molar-refractivity contribution is -0.134. The average Bonchev–Trinajstić information content (AvgIpc) is 3.33. The number of hydrogen-bond donors (Lipinski definition) is 2. The summed E-state index contributed by atoms with van der Waals surface area (Å²) in [6, 6.07) is 7.43. The van der Waals surface area contributed by atoms with Gasteiger partial charge in [-0.15, -0.1) is 0 Å². The summed E-state index contributed by atoms with van der Waals surface area (Å²) in [6.07, 6.45) is 4.28. The maximum Gasteiger partial charge on any atom is 0.290 e. The number of carbonyl (C=O) groups is 3. The zero-order valence-electron chi connectivity index (χ0n) is 16.7. The first kappa shape index (κ1) is 20.5. The number of carbonyl (C=O) groups excluding carboxylic acids is 2. The van der Waals surface area contributed by atoms with E-state index in [-0.39, 0.29) is 24.3 Å². The van der Waals surface area contributed by atoms with Gasteiger partial charge >= 0.3 is 0 Å². The number of rotatable bonds is 3. The second-order valence-electron chi connectivity index (χ2n) is 7.50. The van der Waals surface area contributed by atoms with E-state index in [0.717, 1.165) is 16.8 Å². The first-order valence-corrected chi connectivity index (χ1v) is 9.26. The highest BCUT2D eigenvalue weighted by Crippen LogP contribution is 2.54. The van der Waals surface area contributed by atoms with Gasteiger partial charge in [0.15, 0.2) is 0 Å². The van der Waals surface area contributed by atoms with E-state index in [0.29, 0.717) is 19.5 Å². The molecule has 1 aromatic carbocycles. The Morgan fingerprint density at radius 1 is 1.41 bits per heavy atom. The van der Waals surface area contributed by atoms with Crippen LogP contribution in [0.2, 0.25) is 0 Å². The average molecular weight is 399 g/mol. The minimum absolute atomic E-state index is 0.0258. The number of carboxylic acid groups (broad SMARTS) is 1. The van der Waals surface area contributed by atoms with E-state index in [1.165, 1.54) is 0 Å². The van der Waals surface area contributed by atoms with Crippen LogP contribution in [0.4, 0.5) is 5.69 Å². The van der Waals surface area contributed by atoms with Crippen molar-refractivity contribution in [3.05, 3.63) is 47.8 Å². The molecule has 2 aromatic rings. The van der Waals surface area contributed by atoms with E-state index in [1.54, 1.807) is 10.9 Å². The second-order valence-corrected chi connectivity index (χ2v) is 7.50. The molecule has 9 nitrogen and oxygen atoms in total. The molecular weight excluding hydrogens is 374 g/mol. The topological polar surface area (TPSA) is 108 Å². The summed E-state index contributed by atoms with van der Waals surface area (Å²) in [5.74, 6) is -0.00869. The van der Waals surface area contributed by atoms with Crippen molar-refractivity contribution in [2.24, 2.45) is 7.05 Å². The molecule has 2 aliphatic heterocycles. The zero-order valence-corrected chi connectivity index (χ0v) is 16.7. The van der Waals surface area contributed by atoms with Gasteiger partial charge in [0, 0.05) is 31.0 Å². The predicted molar refractivity (Wildman–Crippen MR) is 106 cm³/mol. The Kier molecular flexibility index (Phi) is 5.69. The molecule has 1 spiro atoms. The molecule has 2 amide bonds. The Morgan fingerprint density at radius 2 is 2.10 bits per heavy atom. The van der Waals surface area contributed by atoms with Crippen LogP contribution in [0.1, 0.15) is 23.6 Å². The van der Waals surface area contributed by atoms with E-state index in [4.69, 9.17) is 9.90 Å². The summed E-state index contributed by atoms with van der Waals surface area (Å²) in [5.41, 5.74) is 1.94. The van der Waals surface area contributed by atoms with E-state index < -0.39 is 5.41 Å². The standard InChI is InChI=1S/C19H23N5O2.CH2O2/c1-22(2)12-16(25)24-9-8-19(17(24)13-10-20-23(3)11-13)14-6-4-5-7-15(14)21-18(19)26;2-1-3/h4-7,10-11,17H,8-9,12H2,1-3H3,(H,21,26);1H,(H,2,3)/t17-,19+;/m0./s1. The highest BCUT2D eigenvalue weighted by molar-refractivity contribution is 6.07. The highest BCUT2D eigenvalue weighted by atomic mass is 16.3. The van der Waals surface area contributed by atoms with E-state index in [1.807, 2.05) is 61.4 Å².